The summed E-state index contributed by atoms with van der Waals surface area (Å²) in [6.07, 6.45) is 0. The first kappa shape index (κ1) is 19.4. The Morgan fingerprint density at radius 2 is 1.56 bits per heavy atom. The van der Waals surface area contributed by atoms with Gasteiger partial charge in [0.15, 0.2) is 5.76 Å². The predicted octanol–water partition coefficient (Wildman–Crippen LogP) is 8.23. The van der Waals surface area contributed by atoms with Crippen LogP contribution in [0.1, 0.15) is 11.1 Å². The van der Waals surface area contributed by atoms with Gasteiger partial charge in [0.05, 0.1) is 8.95 Å². The highest BCUT2D eigenvalue weighted by molar-refractivity contribution is 9.11. The lowest BCUT2D eigenvalue weighted by Crippen LogP contribution is -2.07. The Morgan fingerprint density at radius 3 is 2.26 bits per heavy atom. The zero-order valence-corrected chi connectivity index (χ0v) is 20.6. The number of benzene rings is 3. The van der Waals surface area contributed by atoms with Crippen LogP contribution in [0.3, 0.4) is 0 Å². The van der Waals surface area contributed by atoms with Gasteiger partial charge in [-0.2, -0.15) is 0 Å². The van der Waals surface area contributed by atoms with E-state index in [1.807, 2.05) is 25.1 Å². The summed E-state index contributed by atoms with van der Waals surface area (Å²) in [6, 6.07) is 12.1. The summed E-state index contributed by atoms with van der Waals surface area (Å²) in [5, 5.41) is 0.971. The smallest absolute Gasteiger partial charge is 0.210 e. The number of hydrogen-bond acceptors (Lipinski definition) is 2. The van der Waals surface area contributed by atoms with Gasteiger partial charge in [0.1, 0.15) is 10.1 Å². The Kier molecular flexibility index (Phi) is 5.12. The first-order valence-electron chi connectivity index (χ1n) is 8.10. The molecule has 0 radical (unpaired) electrons. The van der Waals surface area contributed by atoms with Crippen molar-refractivity contribution in [2.24, 2.45) is 0 Å². The first-order chi connectivity index (χ1) is 12.8. The van der Waals surface area contributed by atoms with Crippen LogP contribution in [0.4, 0.5) is 0 Å². The average Bonchev–Trinajstić information content (AvgIpc) is 2.64. The maximum atomic E-state index is 12.5. The molecule has 0 saturated heterocycles. The van der Waals surface area contributed by atoms with Gasteiger partial charge in [-0.15, -0.1) is 0 Å². The second-order valence-corrected chi connectivity index (χ2v) is 9.64. The largest absolute Gasteiger partial charge is 0.454 e. The maximum Gasteiger partial charge on any atom is 0.210 e. The van der Waals surface area contributed by atoms with Crippen molar-refractivity contribution >= 4 is 74.7 Å². The molecular formula is C21H12Br4O2. The summed E-state index contributed by atoms with van der Waals surface area (Å²) in [7, 11) is 0. The minimum atomic E-state index is -0.133. The van der Waals surface area contributed by atoms with E-state index in [-0.39, 0.29) is 5.43 Å². The summed E-state index contributed by atoms with van der Waals surface area (Å²) < 4.78 is 9.01. The molecule has 0 aromatic heterocycles. The van der Waals surface area contributed by atoms with Gasteiger partial charge < -0.3 is 4.42 Å². The number of aryl methyl sites for hydroxylation is 1. The van der Waals surface area contributed by atoms with Crippen molar-refractivity contribution < 1.29 is 4.42 Å². The topological polar surface area (TPSA) is 30.2 Å². The van der Waals surface area contributed by atoms with Gasteiger partial charge >= 0.3 is 0 Å². The first-order valence-corrected chi connectivity index (χ1v) is 11.3. The predicted molar refractivity (Wildman–Crippen MR) is 125 cm³/mol. The second kappa shape index (κ2) is 7.14. The van der Waals surface area contributed by atoms with E-state index in [0.29, 0.717) is 20.3 Å². The fourth-order valence-corrected chi connectivity index (χ4v) is 5.64. The molecule has 1 heterocycles. The van der Waals surface area contributed by atoms with Crippen molar-refractivity contribution in [1.82, 2.24) is 0 Å². The Balaban J connectivity index is 2.34. The van der Waals surface area contributed by atoms with E-state index in [1.54, 1.807) is 0 Å². The molecule has 0 fully saturated rings. The fraction of sp³-hybridized carbons (Fsp3) is 0.0952. The zero-order chi connectivity index (χ0) is 19.5. The number of hydrogen-bond donors (Lipinski definition) is 0. The van der Waals surface area contributed by atoms with Crippen LogP contribution in [-0.2, 0) is 0 Å². The highest BCUT2D eigenvalue weighted by Crippen LogP contribution is 2.47. The van der Waals surface area contributed by atoms with Crippen molar-refractivity contribution in [3.8, 4) is 22.5 Å². The highest BCUT2D eigenvalue weighted by atomic mass is 79.9. The van der Waals surface area contributed by atoms with Gasteiger partial charge in [0.25, 0.3) is 0 Å². The molecule has 6 heteroatoms. The van der Waals surface area contributed by atoms with Crippen LogP contribution in [0, 0.1) is 13.8 Å². The van der Waals surface area contributed by atoms with Crippen LogP contribution in [-0.4, -0.2) is 0 Å². The van der Waals surface area contributed by atoms with E-state index in [9.17, 15) is 4.79 Å². The maximum absolute atomic E-state index is 12.5. The molecule has 0 spiro atoms. The van der Waals surface area contributed by atoms with Gasteiger partial charge in [0, 0.05) is 21.0 Å². The Labute approximate surface area is 189 Å². The Hall–Kier alpha value is -0.950. The molecule has 2 aromatic carbocycles. The Bertz CT molecular complexity index is 1260. The van der Waals surface area contributed by atoms with Gasteiger partial charge in [-0.25, -0.2) is 0 Å². The molecule has 27 heavy (non-hydrogen) atoms. The zero-order valence-electron chi connectivity index (χ0n) is 14.3. The molecule has 1 aliphatic carbocycles. The average molecular weight is 616 g/mol. The van der Waals surface area contributed by atoms with E-state index in [4.69, 9.17) is 4.42 Å². The molecular weight excluding hydrogens is 604 g/mol. The second-order valence-electron chi connectivity index (χ2n) is 6.34. The van der Waals surface area contributed by atoms with Crippen molar-refractivity contribution in [2.45, 2.75) is 13.8 Å². The van der Waals surface area contributed by atoms with Crippen molar-refractivity contribution in [3.63, 3.8) is 0 Å². The molecule has 0 bridgehead atoms. The normalized spacial score (nSPS) is 11.5. The summed E-state index contributed by atoms with van der Waals surface area (Å²) in [5.74, 6) is 0.538. The molecule has 0 unspecified atom stereocenters. The minimum absolute atomic E-state index is 0.133. The quantitative estimate of drug-likeness (QED) is 0.202. The molecule has 2 aliphatic rings. The number of rotatable bonds is 1. The summed E-state index contributed by atoms with van der Waals surface area (Å²) in [6.45, 7) is 4.10. The molecule has 0 atom stereocenters. The highest BCUT2D eigenvalue weighted by Gasteiger charge is 2.25. The minimum Gasteiger partial charge on any atom is -0.454 e. The molecule has 4 rings (SSSR count). The molecule has 2 nitrogen and oxygen atoms in total. The van der Waals surface area contributed by atoms with E-state index >= 15 is 0 Å². The lowest BCUT2D eigenvalue weighted by Gasteiger charge is -2.19. The monoisotopic (exact) mass is 612 g/mol. The van der Waals surface area contributed by atoms with Crippen LogP contribution >= 0.6 is 63.7 Å². The Morgan fingerprint density at radius 1 is 0.852 bits per heavy atom. The number of fused-ring (bicyclic) bond motifs is 2. The van der Waals surface area contributed by atoms with E-state index in [1.165, 1.54) is 0 Å². The molecule has 0 amide bonds. The standard InChI is InChI=1S/C21H12Br4O2/c1-9-5-3-4-6-11(9)16-12-7-14(22)10(2)17(24)20(12)27-21-13(16)8-15(23)19(26)18(21)25/h3-8H,1-2H3. The molecule has 0 N–H and O–H groups in total. The van der Waals surface area contributed by atoms with E-state index < -0.39 is 0 Å². The van der Waals surface area contributed by atoms with Crippen LogP contribution in [0.5, 0.6) is 0 Å². The summed E-state index contributed by atoms with van der Waals surface area (Å²) in [4.78, 5) is 12.5. The van der Waals surface area contributed by atoms with Crippen LogP contribution < -0.4 is 5.43 Å². The number of halogens is 4. The van der Waals surface area contributed by atoms with E-state index in [0.717, 1.165) is 42.1 Å². The third-order valence-corrected chi connectivity index (χ3v) is 7.78. The molecule has 0 saturated carbocycles. The molecule has 1 aliphatic heterocycles. The van der Waals surface area contributed by atoms with Crippen molar-refractivity contribution in [3.05, 3.63) is 75.6 Å². The van der Waals surface area contributed by atoms with Crippen molar-refractivity contribution in [1.29, 1.82) is 0 Å². The third kappa shape index (κ3) is 3.05. The van der Waals surface area contributed by atoms with E-state index in [2.05, 4.69) is 88.8 Å². The van der Waals surface area contributed by atoms with Gasteiger partial charge in [-0.1, -0.05) is 40.2 Å². The summed E-state index contributed by atoms with van der Waals surface area (Å²) >= 11 is 14.2. The summed E-state index contributed by atoms with van der Waals surface area (Å²) in [5.41, 5.74) is 5.78. The van der Waals surface area contributed by atoms with Crippen LogP contribution in [0.25, 0.3) is 33.4 Å². The molecule has 136 valence electrons. The third-order valence-electron chi connectivity index (χ3n) is 4.69. The fourth-order valence-electron chi connectivity index (χ4n) is 3.24. The lowest BCUT2D eigenvalue weighted by atomic mass is 9.91. The lowest BCUT2D eigenvalue weighted by molar-refractivity contribution is 0.613. The molecule has 2 aromatic rings. The SMILES string of the molecule is Cc1ccccc1-c1c2cc(Br)c(=O)c(Br)c-2oc2c(Br)c(C)c(Br)cc12. The van der Waals surface area contributed by atoms with Gasteiger partial charge in [-0.05, 0) is 90.5 Å². The van der Waals surface area contributed by atoms with Crippen LogP contribution in [0.15, 0.2) is 63.5 Å². The van der Waals surface area contributed by atoms with Crippen LogP contribution in [0.2, 0.25) is 0 Å². The van der Waals surface area contributed by atoms with Crippen molar-refractivity contribution in [2.75, 3.05) is 0 Å². The van der Waals surface area contributed by atoms with Gasteiger partial charge in [-0.3, -0.25) is 4.79 Å². The van der Waals surface area contributed by atoms with Gasteiger partial charge in [0.2, 0.25) is 5.43 Å².